The first-order chi connectivity index (χ1) is 15.5. The summed E-state index contributed by atoms with van der Waals surface area (Å²) in [6.07, 6.45) is 3.65. The van der Waals surface area contributed by atoms with E-state index in [4.69, 9.17) is 10.00 Å². The minimum Gasteiger partial charge on any atom is -0.497 e. The molecule has 32 heavy (non-hydrogen) atoms. The lowest BCUT2D eigenvalue weighted by Crippen LogP contribution is -2.56. The Bertz CT molecular complexity index is 987. The third-order valence-corrected chi connectivity index (χ3v) is 6.88. The Hall–Kier alpha value is -3.11. The van der Waals surface area contributed by atoms with Crippen LogP contribution in [0.15, 0.2) is 42.6 Å². The number of aromatic nitrogens is 1. The fraction of sp³-hybridized carbons (Fsp3) is 0.480. The van der Waals surface area contributed by atoms with E-state index in [2.05, 4.69) is 22.9 Å². The van der Waals surface area contributed by atoms with E-state index in [0.29, 0.717) is 37.4 Å². The number of carbonyl (C=O) groups excluding carboxylic acids is 1. The second-order valence-electron chi connectivity index (χ2n) is 8.85. The number of rotatable bonds is 7. The number of nitriles is 1. The number of methoxy groups -OCH3 is 1. The summed E-state index contributed by atoms with van der Waals surface area (Å²) < 4.78 is 5.29. The Morgan fingerprint density at radius 3 is 2.84 bits per heavy atom. The maximum Gasteiger partial charge on any atom is 0.222 e. The SMILES string of the molecule is COc1cccc(C(CO)CCC(=O)N2CC3C[C@H](C)C(C2)N3c2ccc(C#N)cn2)c1. The number of fused-ring (bicyclic) bond motifs is 2. The van der Waals surface area contributed by atoms with Crippen LogP contribution in [0.5, 0.6) is 5.75 Å². The molecule has 2 fully saturated rings. The number of amides is 1. The molecule has 2 saturated heterocycles. The predicted octanol–water partition coefficient (Wildman–Crippen LogP) is 2.94. The van der Waals surface area contributed by atoms with E-state index >= 15 is 0 Å². The maximum atomic E-state index is 13.1. The standard InChI is InChI=1S/C25H30N4O3/c1-17-10-21-14-28(15-23(17)29(21)24-8-6-18(12-26)13-27-24)25(31)9-7-20(16-30)19-4-3-5-22(11-19)32-2/h3-6,8,11,13,17,20-21,23,30H,7,9-10,14-16H2,1-2H3/t17-,20?,21?,23?/m0/s1. The minimum atomic E-state index is -0.0890. The number of pyridine rings is 1. The normalized spacial score (nSPS) is 23.0. The zero-order valence-electron chi connectivity index (χ0n) is 18.6. The highest BCUT2D eigenvalue weighted by Crippen LogP contribution is 2.38. The van der Waals surface area contributed by atoms with Crippen molar-refractivity contribution in [2.45, 2.75) is 44.2 Å². The van der Waals surface area contributed by atoms with Gasteiger partial charge in [-0.1, -0.05) is 19.1 Å². The van der Waals surface area contributed by atoms with Gasteiger partial charge in [-0.15, -0.1) is 0 Å². The van der Waals surface area contributed by atoms with Crippen LogP contribution in [0.4, 0.5) is 5.82 Å². The van der Waals surface area contributed by atoms with Crippen LogP contribution in [0.3, 0.4) is 0 Å². The molecule has 7 nitrogen and oxygen atoms in total. The number of hydrogen-bond donors (Lipinski definition) is 1. The van der Waals surface area contributed by atoms with Crippen LogP contribution in [0, 0.1) is 17.2 Å². The number of ether oxygens (including phenoxy) is 1. The summed E-state index contributed by atoms with van der Waals surface area (Å²) in [6.45, 7) is 3.60. The topological polar surface area (TPSA) is 89.7 Å². The molecule has 2 aromatic rings. The Labute approximate surface area is 189 Å². The second kappa shape index (κ2) is 9.58. The van der Waals surface area contributed by atoms with Crippen LogP contribution >= 0.6 is 0 Å². The second-order valence-corrected chi connectivity index (χ2v) is 8.85. The summed E-state index contributed by atoms with van der Waals surface area (Å²) in [5, 5.41) is 18.9. The van der Waals surface area contributed by atoms with E-state index in [-0.39, 0.29) is 30.5 Å². The van der Waals surface area contributed by atoms with E-state index < -0.39 is 0 Å². The van der Waals surface area contributed by atoms with Gasteiger partial charge < -0.3 is 19.6 Å². The number of aliphatic hydroxyl groups is 1. The molecule has 1 aromatic heterocycles. The number of anilines is 1. The molecular weight excluding hydrogens is 404 g/mol. The lowest BCUT2D eigenvalue weighted by Gasteiger charge is -2.42. The number of benzene rings is 1. The van der Waals surface area contributed by atoms with Gasteiger partial charge in [0.1, 0.15) is 17.6 Å². The highest BCUT2D eigenvalue weighted by molar-refractivity contribution is 5.77. The van der Waals surface area contributed by atoms with Gasteiger partial charge in [-0.25, -0.2) is 4.98 Å². The van der Waals surface area contributed by atoms with E-state index in [1.165, 1.54) is 0 Å². The summed E-state index contributed by atoms with van der Waals surface area (Å²) in [5.74, 6) is 2.16. The average molecular weight is 435 g/mol. The summed E-state index contributed by atoms with van der Waals surface area (Å²) >= 11 is 0. The van der Waals surface area contributed by atoms with Crippen molar-refractivity contribution in [3.8, 4) is 11.8 Å². The van der Waals surface area contributed by atoms with Crippen molar-refractivity contribution in [1.82, 2.24) is 9.88 Å². The highest BCUT2D eigenvalue weighted by atomic mass is 16.5. The first-order valence-corrected chi connectivity index (χ1v) is 11.2. The fourth-order valence-corrected chi connectivity index (χ4v) is 5.11. The number of nitrogens with zero attached hydrogens (tertiary/aromatic N) is 4. The molecule has 3 heterocycles. The maximum absolute atomic E-state index is 13.1. The summed E-state index contributed by atoms with van der Waals surface area (Å²) in [6, 6.07) is 14.0. The smallest absolute Gasteiger partial charge is 0.222 e. The molecular formula is C25H30N4O3. The molecule has 2 aliphatic heterocycles. The van der Waals surface area contributed by atoms with E-state index in [1.807, 2.05) is 35.2 Å². The van der Waals surface area contributed by atoms with Gasteiger partial charge in [-0.05, 0) is 48.6 Å². The molecule has 0 radical (unpaired) electrons. The zero-order valence-corrected chi connectivity index (χ0v) is 18.6. The molecule has 1 N–H and O–H groups in total. The van der Waals surface area contributed by atoms with E-state index in [0.717, 1.165) is 23.6 Å². The van der Waals surface area contributed by atoms with Crippen molar-refractivity contribution < 1.29 is 14.6 Å². The third kappa shape index (κ3) is 4.42. The molecule has 0 spiro atoms. The number of carbonyl (C=O) groups is 1. The Kier molecular flexibility index (Phi) is 6.61. The van der Waals surface area contributed by atoms with Crippen molar-refractivity contribution >= 4 is 11.7 Å². The minimum absolute atomic E-state index is 0.000864. The first kappa shape index (κ1) is 22.1. The van der Waals surface area contributed by atoms with E-state index in [9.17, 15) is 9.90 Å². The molecule has 7 heteroatoms. The van der Waals surface area contributed by atoms with Crippen LogP contribution < -0.4 is 9.64 Å². The van der Waals surface area contributed by atoms with Crippen molar-refractivity contribution in [3.63, 3.8) is 0 Å². The van der Waals surface area contributed by atoms with Crippen molar-refractivity contribution in [1.29, 1.82) is 5.26 Å². The molecule has 4 rings (SSSR count). The van der Waals surface area contributed by atoms with Gasteiger partial charge in [-0.3, -0.25) is 4.79 Å². The van der Waals surface area contributed by atoms with Gasteiger partial charge in [0.2, 0.25) is 5.91 Å². The molecule has 0 saturated carbocycles. The van der Waals surface area contributed by atoms with Crippen LogP contribution in [-0.2, 0) is 4.79 Å². The molecule has 3 unspecified atom stereocenters. The van der Waals surface area contributed by atoms with Crippen molar-refractivity contribution in [2.75, 3.05) is 31.7 Å². The quantitative estimate of drug-likeness (QED) is 0.721. The molecule has 1 aromatic carbocycles. The van der Waals surface area contributed by atoms with Gasteiger partial charge in [0.25, 0.3) is 0 Å². The number of piperazine rings is 1. The number of hydrogen-bond acceptors (Lipinski definition) is 6. The van der Waals surface area contributed by atoms with Gasteiger partial charge in [-0.2, -0.15) is 5.26 Å². The summed E-state index contributed by atoms with van der Waals surface area (Å²) in [5.41, 5.74) is 1.54. The summed E-state index contributed by atoms with van der Waals surface area (Å²) in [4.78, 5) is 21.9. The van der Waals surface area contributed by atoms with Crippen molar-refractivity contribution in [2.24, 2.45) is 5.92 Å². The molecule has 2 aliphatic rings. The number of likely N-dealkylation sites (tertiary alicyclic amines) is 1. The fourth-order valence-electron chi connectivity index (χ4n) is 5.11. The van der Waals surface area contributed by atoms with Crippen LogP contribution in [0.1, 0.15) is 43.2 Å². The first-order valence-electron chi connectivity index (χ1n) is 11.2. The highest BCUT2D eigenvalue weighted by Gasteiger charge is 2.45. The number of aliphatic hydroxyl groups excluding tert-OH is 1. The van der Waals surface area contributed by atoms with Crippen LogP contribution in [0.2, 0.25) is 0 Å². The Morgan fingerprint density at radius 2 is 2.19 bits per heavy atom. The van der Waals surface area contributed by atoms with Crippen molar-refractivity contribution in [3.05, 3.63) is 53.7 Å². The van der Waals surface area contributed by atoms with Crippen LogP contribution in [0.25, 0.3) is 0 Å². The molecule has 0 aliphatic carbocycles. The molecule has 168 valence electrons. The van der Waals surface area contributed by atoms with Gasteiger partial charge in [0, 0.05) is 44.3 Å². The van der Waals surface area contributed by atoms with E-state index in [1.54, 1.807) is 19.4 Å². The lowest BCUT2D eigenvalue weighted by molar-refractivity contribution is -0.132. The van der Waals surface area contributed by atoms with Gasteiger partial charge >= 0.3 is 0 Å². The monoisotopic (exact) mass is 434 g/mol. The van der Waals surface area contributed by atoms with Crippen LogP contribution in [-0.4, -0.2) is 59.8 Å². The Balaban J connectivity index is 1.40. The van der Waals surface area contributed by atoms with Gasteiger partial charge in [0.05, 0.1) is 18.7 Å². The molecule has 1 amide bonds. The zero-order chi connectivity index (χ0) is 22.7. The lowest BCUT2D eigenvalue weighted by atomic mass is 9.94. The van der Waals surface area contributed by atoms with Gasteiger partial charge in [0.15, 0.2) is 0 Å². The largest absolute Gasteiger partial charge is 0.497 e. The Morgan fingerprint density at radius 1 is 1.34 bits per heavy atom. The predicted molar refractivity (Wildman–Crippen MR) is 121 cm³/mol. The average Bonchev–Trinajstić information content (AvgIpc) is 3.03. The molecule has 2 bridgehead atoms. The summed E-state index contributed by atoms with van der Waals surface area (Å²) in [7, 11) is 1.62. The third-order valence-electron chi connectivity index (χ3n) is 6.88. The molecule has 4 atom stereocenters.